The number of alkyl carbamates (subject to hydrolysis) is 1. The van der Waals surface area contributed by atoms with Crippen LogP contribution in [0.1, 0.15) is 38.3 Å². The number of carbonyl (C=O) groups excluding carboxylic acids is 1. The zero-order valence-corrected chi connectivity index (χ0v) is 26.2. The molecular weight excluding hydrogens is 535 g/mol. The molecule has 1 N–H and O–H groups in total. The summed E-state index contributed by atoms with van der Waals surface area (Å²) in [6, 6.07) is 28.7. The summed E-state index contributed by atoms with van der Waals surface area (Å²) in [7, 11) is -3.61. The van der Waals surface area contributed by atoms with Crippen LogP contribution >= 0.6 is 0 Å². The van der Waals surface area contributed by atoms with Gasteiger partial charge < -0.3 is 14.5 Å². The highest BCUT2D eigenvalue weighted by Crippen LogP contribution is 2.38. The van der Waals surface area contributed by atoms with E-state index in [4.69, 9.17) is 9.16 Å². The molecule has 0 bridgehead atoms. The minimum Gasteiger partial charge on any atom is -0.445 e. The molecule has 4 atom stereocenters. The van der Waals surface area contributed by atoms with Crippen molar-refractivity contribution in [2.45, 2.75) is 80.6 Å². The van der Waals surface area contributed by atoms with Crippen molar-refractivity contribution in [2.24, 2.45) is 0 Å². The van der Waals surface area contributed by atoms with Gasteiger partial charge in [-0.3, -0.25) is 4.21 Å². The van der Waals surface area contributed by atoms with Gasteiger partial charge in [-0.1, -0.05) is 106 Å². The van der Waals surface area contributed by atoms with Crippen molar-refractivity contribution >= 4 is 25.2 Å². The quantitative estimate of drug-likeness (QED) is 0.167. The predicted octanol–water partition coefficient (Wildman–Crippen LogP) is 7.67. The average Bonchev–Trinajstić information content (AvgIpc) is 2.94. The van der Waals surface area contributed by atoms with Crippen molar-refractivity contribution in [3.63, 3.8) is 0 Å². The Labute approximate surface area is 243 Å². The summed E-state index contributed by atoms with van der Waals surface area (Å²) in [6.07, 6.45) is 1.81. The Hall–Kier alpha value is -3.00. The maximum atomic E-state index is 13.6. The van der Waals surface area contributed by atoms with Crippen molar-refractivity contribution in [1.29, 1.82) is 0 Å². The van der Waals surface area contributed by atoms with Crippen LogP contribution in [0, 0.1) is 0 Å². The van der Waals surface area contributed by atoms with Gasteiger partial charge in [0.2, 0.25) is 0 Å². The van der Waals surface area contributed by atoms with Gasteiger partial charge in [-0.25, -0.2) is 4.79 Å². The Morgan fingerprint density at radius 1 is 0.925 bits per heavy atom. The average molecular weight is 578 g/mol. The van der Waals surface area contributed by atoms with E-state index in [1.54, 1.807) is 6.08 Å². The first kappa shape index (κ1) is 31.5. The van der Waals surface area contributed by atoms with E-state index in [-0.39, 0.29) is 16.9 Å². The molecular formula is C33H43NO4SSi. The predicted molar refractivity (Wildman–Crippen MR) is 167 cm³/mol. The van der Waals surface area contributed by atoms with Gasteiger partial charge in [0.1, 0.15) is 6.61 Å². The summed E-state index contributed by atoms with van der Waals surface area (Å²) < 4.78 is 26.2. The lowest BCUT2D eigenvalue weighted by Crippen LogP contribution is -2.53. The normalized spacial score (nSPS) is 14.9. The lowest BCUT2D eigenvalue weighted by molar-refractivity contribution is 0.102. The summed E-state index contributed by atoms with van der Waals surface area (Å²) >= 11 is 0. The molecule has 0 radical (unpaired) electrons. The Balaban J connectivity index is 1.92. The van der Waals surface area contributed by atoms with E-state index < -0.39 is 37.4 Å². The van der Waals surface area contributed by atoms with Crippen LogP contribution in [-0.2, 0) is 33.0 Å². The van der Waals surface area contributed by atoms with Crippen molar-refractivity contribution < 1.29 is 18.2 Å². The number of benzene rings is 3. The van der Waals surface area contributed by atoms with Crippen LogP contribution in [0.2, 0.25) is 18.1 Å². The highest BCUT2D eigenvalue weighted by atomic mass is 32.2. The fourth-order valence-corrected chi connectivity index (χ4v) is 6.82. The molecule has 0 aliphatic heterocycles. The van der Waals surface area contributed by atoms with Crippen molar-refractivity contribution in [3.05, 3.63) is 115 Å². The maximum absolute atomic E-state index is 13.6. The van der Waals surface area contributed by atoms with E-state index in [1.807, 2.05) is 91.0 Å². The zero-order chi connectivity index (χ0) is 29.2. The van der Waals surface area contributed by atoms with Gasteiger partial charge in [0.15, 0.2) is 8.32 Å². The van der Waals surface area contributed by atoms with Crippen LogP contribution in [0.15, 0.2) is 109 Å². The molecule has 40 heavy (non-hydrogen) atoms. The van der Waals surface area contributed by atoms with Gasteiger partial charge >= 0.3 is 6.09 Å². The van der Waals surface area contributed by atoms with E-state index in [1.165, 1.54) is 0 Å². The van der Waals surface area contributed by atoms with E-state index >= 15 is 0 Å². The number of rotatable bonds is 13. The second kappa shape index (κ2) is 14.6. The molecule has 7 heteroatoms. The molecule has 0 heterocycles. The Morgan fingerprint density at radius 3 is 1.98 bits per heavy atom. The summed E-state index contributed by atoms with van der Waals surface area (Å²) in [6.45, 7) is 15.2. The second-order valence-electron chi connectivity index (χ2n) is 11.5. The van der Waals surface area contributed by atoms with Crippen LogP contribution in [0.3, 0.4) is 0 Å². The highest BCUT2D eigenvalue weighted by molar-refractivity contribution is 7.85. The van der Waals surface area contributed by atoms with Gasteiger partial charge in [0, 0.05) is 4.90 Å². The smallest absolute Gasteiger partial charge is 0.407 e. The minimum atomic E-state index is -2.29. The van der Waals surface area contributed by atoms with E-state index in [9.17, 15) is 9.00 Å². The highest BCUT2D eigenvalue weighted by Gasteiger charge is 2.42. The molecule has 214 valence electrons. The monoisotopic (exact) mass is 577 g/mol. The Kier molecular flexibility index (Phi) is 11.5. The summed E-state index contributed by atoms with van der Waals surface area (Å²) in [5, 5.41) is 2.70. The molecule has 0 aromatic heterocycles. The third-order valence-corrected chi connectivity index (χ3v) is 13.7. The first-order valence-electron chi connectivity index (χ1n) is 13.8. The van der Waals surface area contributed by atoms with Crippen LogP contribution in [0.25, 0.3) is 0 Å². The van der Waals surface area contributed by atoms with E-state index in [2.05, 4.69) is 45.8 Å². The third kappa shape index (κ3) is 9.29. The van der Waals surface area contributed by atoms with Gasteiger partial charge in [-0.15, -0.1) is 6.58 Å². The molecule has 0 aliphatic rings. The Morgan fingerprint density at radius 2 is 1.45 bits per heavy atom. The van der Waals surface area contributed by atoms with Gasteiger partial charge in [-0.05, 0) is 54.2 Å². The molecule has 0 spiro atoms. The third-order valence-electron chi connectivity index (χ3n) is 7.49. The summed E-state index contributed by atoms with van der Waals surface area (Å²) in [4.78, 5) is 13.9. The van der Waals surface area contributed by atoms with E-state index in [0.29, 0.717) is 12.8 Å². The van der Waals surface area contributed by atoms with Crippen LogP contribution in [0.4, 0.5) is 4.79 Å². The molecule has 0 aliphatic carbocycles. The summed E-state index contributed by atoms with van der Waals surface area (Å²) in [5.41, 5.74) is 1.98. The lowest BCUT2D eigenvalue weighted by atomic mass is 9.98. The number of nitrogens with one attached hydrogen (secondary N) is 1. The number of amides is 1. The molecule has 2 unspecified atom stereocenters. The molecule has 3 rings (SSSR count). The van der Waals surface area contributed by atoms with Gasteiger partial charge in [0.25, 0.3) is 0 Å². The molecule has 0 saturated carbocycles. The molecule has 3 aromatic rings. The van der Waals surface area contributed by atoms with Gasteiger partial charge in [0.05, 0.1) is 28.2 Å². The van der Waals surface area contributed by atoms with Gasteiger partial charge in [-0.2, -0.15) is 0 Å². The SMILES string of the molecule is C=CC(C[C@H](O[Si](C)(C)C(C)(C)C)[C@H](Cc1ccccc1)NC(=O)OCc1ccccc1)S(=O)c1ccccc1. The van der Waals surface area contributed by atoms with Crippen molar-refractivity contribution in [2.75, 3.05) is 0 Å². The van der Waals surface area contributed by atoms with Crippen LogP contribution in [0.5, 0.6) is 0 Å². The summed E-state index contributed by atoms with van der Waals surface area (Å²) in [5.74, 6) is 0. The molecule has 0 fully saturated rings. The molecule has 0 saturated heterocycles. The number of hydrogen-bond donors (Lipinski definition) is 1. The first-order valence-corrected chi connectivity index (χ1v) is 17.9. The van der Waals surface area contributed by atoms with Crippen LogP contribution in [-0.4, -0.2) is 36.0 Å². The zero-order valence-electron chi connectivity index (χ0n) is 24.3. The molecule has 5 nitrogen and oxygen atoms in total. The number of hydrogen-bond acceptors (Lipinski definition) is 4. The largest absolute Gasteiger partial charge is 0.445 e. The maximum Gasteiger partial charge on any atom is 0.407 e. The fraction of sp³-hybridized carbons (Fsp3) is 0.364. The number of ether oxygens (including phenoxy) is 1. The van der Waals surface area contributed by atoms with Crippen molar-refractivity contribution in [3.8, 4) is 0 Å². The first-order chi connectivity index (χ1) is 19.0. The van der Waals surface area contributed by atoms with Crippen LogP contribution < -0.4 is 5.32 Å². The molecule has 1 amide bonds. The van der Waals surface area contributed by atoms with E-state index in [0.717, 1.165) is 16.0 Å². The lowest BCUT2D eigenvalue weighted by Gasteiger charge is -2.42. The minimum absolute atomic E-state index is 0.0569. The number of carbonyl (C=O) groups is 1. The molecule has 3 aromatic carbocycles. The topological polar surface area (TPSA) is 64.6 Å². The second-order valence-corrected chi connectivity index (χ2v) is 18.0. The standard InChI is InChI=1S/C33H43NO4SSi/c1-7-28(39(36)29-21-15-10-16-22-29)24-31(38-40(5,6)33(2,3)4)30(23-26-17-11-8-12-18-26)34-32(35)37-25-27-19-13-9-14-20-27/h7-22,28,30-31H,1,23-25H2,2-6H3,(H,34,35)/t28?,30-,31-,39?/m0/s1. The van der Waals surface area contributed by atoms with Crippen molar-refractivity contribution in [1.82, 2.24) is 5.32 Å². The fourth-order valence-electron chi connectivity index (χ4n) is 4.14. The Bertz CT molecular complexity index is 1230.